The van der Waals surface area contributed by atoms with E-state index in [4.69, 9.17) is 5.73 Å². The minimum atomic E-state index is -0.102. The fraction of sp³-hybridized carbons (Fsp3) is 0.286. The highest BCUT2D eigenvalue weighted by Crippen LogP contribution is 2.33. The lowest BCUT2D eigenvalue weighted by Gasteiger charge is -2.35. The average Bonchev–Trinajstić information content (AvgIpc) is 2.78. The highest BCUT2D eigenvalue weighted by atomic mass is 16.2. The summed E-state index contributed by atoms with van der Waals surface area (Å²) in [5.41, 5.74) is 8.91. The van der Waals surface area contributed by atoms with Crippen LogP contribution in [0.5, 0.6) is 0 Å². The third kappa shape index (κ3) is 1.80. The van der Waals surface area contributed by atoms with Gasteiger partial charge in [-0.2, -0.15) is 5.10 Å². The monoisotopic (exact) mass is 271 g/mol. The molecule has 0 saturated heterocycles. The zero-order valence-corrected chi connectivity index (χ0v) is 11.6. The van der Waals surface area contributed by atoms with Crippen LogP contribution in [-0.4, -0.2) is 36.2 Å². The Kier molecular flexibility index (Phi) is 2.85. The molecule has 0 radical (unpaired) electrons. The number of aromatic amines is 1. The third-order valence-corrected chi connectivity index (χ3v) is 3.68. The van der Waals surface area contributed by atoms with Gasteiger partial charge in [-0.05, 0) is 19.1 Å². The molecule has 3 N–H and O–H groups in total. The third-order valence-electron chi connectivity index (χ3n) is 3.68. The molecule has 6 heteroatoms. The minimum Gasteiger partial charge on any atom is -0.382 e. The summed E-state index contributed by atoms with van der Waals surface area (Å²) in [5.74, 6) is 0.151. The molecule has 2 heterocycles. The summed E-state index contributed by atoms with van der Waals surface area (Å²) in [6.45, 7) is 3.23. The maximum Gasteiger partial charge on any atom is 0.264 e. The predicted molar refractivity (Wildman–Crippen MR) is 79.1 cm³/mol. The lowest BCUT2D eigenvalue weighted by molar-refractivity contribution is 0.0987. The number of para-hydroxylation sites is 2. The minimum absolute atomic E-state index is 0.102. The molecule has 0 atom stereocenters. The van der Waals surface area contributed by atoms with Gasteiger partial charge in [-0.15, -0.1) is 0 Å². The summed E-state index contributed by atoms with van der Waals surface area (Å²) in [4.78, 5) is 16.7. The number of likely N-dealkylation sites (N-methyl/N-ethyl adjacent to an activating group) is 1. The van der Waals surface area contributed by atoms with E-state index in [9.17, 15) is 4.79 Å². The van der Waals surface area contributed by atoms with E-state index in [0.29, 0.717) is 17.8 Å². The maximum absolute atomic E-state index is 12.7. The summed E-state index contributed by atoms with van der Waals surface area (Å²) in [6.07, 6.45) is 0. The first-order valence-electron chi connectivity index (χ1n) is 6.52. The molecule has 0 bridgehead atoms. The molecule has 1 aromatic heterocycles. The largest absolute Gasteiger partial charge is 0.382 e. The molecule has 1 aliphatic rings. The van der Waals surface area contributed by atoms with Gasteiger partial charge >= 0.3 is 0 Å². The number of aromatic nitrogens is 2. The van der Waals surface area contributed by atoms with Crippen molar-refractivity contribution in [3.63, 3.8) is 0 Å². The van der Waals surface area contributed by atoms with Crippen LogP contribution in [0.25, 0.3) is 0 Å². The Hall–Kier alpha value is -2.50. The fourth-order valence-corrected chi connectivity index (χ4v) is 2.57. The molecule has 104 valence electrons. The van der Waals surface area contributed by atoms with Crippen molar-refractivity contribution < 1.29 is 4.79 Å². The van der Waals surface area contributed by atoms with Crippen molar-refractivity contribution in [3.8, 4) is 0 Å². The number of H-pyrrole nitrogens is 1. The lowest BCUT2D eigenvalue weighted by atomic mass is 10.1. The zero-order valence-electron chi connectivity index (χ0n) is 11.6. The molecule has 1 aromatic carbocycles. The number of anilines is 3. The number of nitrogen functional groups attached to an aromatic ring is 1. The van der Waals surface area contributed by atoms with Gasteiger partial charge in [0.25, 0.3) is 5.91 Å². The second-order valence-electron chi connectivity index (χ2n) is 4.98. The van der Waals surface area contributed by atoms with Crippen LogP contribution in [0.1, 0.15) is 16.1 Å². The van der Waals surface area contributed by atoms with Crippen LogP contribution in [0.3, 0.4) is 0 Å². The normalized spacial score (nSPS) is 14.3. The number of nitrogens with two attached hydrogens (primary N) is 1. The van der Waals surface area contributed by atoms with E-state index in [0.717, 1.165) is 17.9 Å². The molecule has 20 heavy (non-hydrogen) atoms. The summed E-state index contributed by atoms with van der Waals surface area (Å²) < 4.78 is 0. The number of carbonyl (C=O) groups is 1. The van der Waals surface area contributed by atoms with Gasteiger partial charge in [0.1, 0.15) is 5.56 Å². The van der Waals surface area contributed by atoms with Crippen molar-refractivity contribution in [3.05, 3.63) is 35.5 Å². The molecule has 0 unspecified atom stereocenters. The Morgan fingerprint density at radius 2 is 2.00 bits per heavy atom. The van der Waals surface area contributed by atoms with Gasteiger partial charge in [-0.3, -0.25) is 9.89 Å². The van der Waals surface area contributed by atoms with Crippen molar-refractivity contribution in [2.24, 2.45) is 0 Å². The van der Waals surface area contributed by atoms with E-state index in [1.807, 2.05) is 31.3 Å². The Balaban J connectivity index is 2.04. The van der Waals surface area contributed by atoms with E-state index in [1.165, 1.54) is 0 Å². The fourth-order valence-electron chi connectivity index (χ4n) is 2.57. The molecule has 2 aromatic rings. The van der Waals surface area contributed by atoms with Gasteiger partial charge in [0.05, 0.1) is 11.4 Å². The first-order valence-corrected chi connectivity index (χ1v) is 6.52. The molecule has 1 amide bonds. The van der Waals surface area contributed by atoms with Crippen molar-refractivity contribution in [1.29, 1.82) is 0 Å². The summed E-state index contributed by atoms with van der Waals surface area (Å²) >= 11 is 0. The molecule has 6 nitrogen and oxygen atoms in total. The number of nitrogens with one attached hydrogen (secondary N) is 1. The summed E-state index contributed by atoms with van der Waals surface area (Å²) in [5, 5.41) is 6.65. The number of benzene rings is 1. The van der Waals surface area contributed by atoms with Crippen LogP contribution in [-0.2, 0) is 0 Å². The molecule has 0 aliphatic carbocycles. The number of hydrogen-bond donors (Lipinski definition) is 2. The highest BCUT2D eigenvalue weighted by molar-refractivity contribution is 6.11. The molecule has 0 fully saturated rings. The van der Waals surface area contributed by atoms with E-state index in [2.05, 4.69) is 15.1 Å². The van der Waals surface area contributed by atoms with E-state index >= 15 is 0 Å². The number of aryl methyl sites for hydroxylation is 1. The van der Waals surface area contributed by atoms with E-state index in [1.54, 1.807) is 11.8 Å². The Morgan fingerprint density at radius 3 is 2.65 bits per heavy atom. The van der Waals surface area contributed by atoms with Gasteiger partial charge in [0.15, 0.2) is 5.82 Å². The molecule has 1 aliphatic heterocycles. The number of carbonyl (C=O) groups excluding carboxylic acids is 1. The Morgan fingerprint density at radius 1 is 1.30 bits per heavy atom. The van der Waals surface area contributed by atoms with Gasteiger partial charge < -0.3 is 15.5 Å². The van der Waals surface area contributed by atoms with Crippen molar-refractivity contribution in [1.82, 2.24) is 10.2 Å². The molecule has 0 saturated carbocycles. The van der Waals surface area contributed by atoms with Crippen LogP contribution >= 0.6 is 0 Å². The second kappa shape index (κ2) is 4.56. The maximum atomic E-state index is 12.7. The van der Waals surface area contributed by atoms with Crippen LogP contribution in [0, 0.1) is 6.92 Å². The van der Waals surface area contributed by atoms with E-state index in [-0.39, 0.29) is 11.7 Å². The standard InChI is InChI=1S/C14H17N5O/c1-9-12(13(15)17-16-9)14(20)19-8-7-18(2)10-5-3-4-6-11(10)19/h3-6H,7-8H2,1-2H3,(H3,15,16,17). The SMILES string of the molecule is Cc1[nH]nc(N)c1C(=O)N1CCN(C)c2ccccc21. The lowest BCUT2D eigenvalue weighted by Crippen LogP contribution is -2.43. The van der Waals surface area contributed by atoms with Crippen LogP contribution < -0.4 is 15.5 Å². The van der Waals surface area contributed by atoms with E-state index < -0.39 is 0 Å². The zero-order chi connectivity index (χ0) is 14.3. The first kappa shape index (κ1) is 12.5. The summed E-state index contributed by atoms with van der Waals surface area (Å²) in [7, 11) is 2.03. The molecular weight excluding hydrogens is 254 g/mol. The number of fused-ring (bicyclic) bond motifs is 1. The van der Waals surface area contributed by atoms with Gasteiger partial charge in [-0.25, -0.2) is 0 Å². The van der Waals surface area contributed by atoms with Gasteiger partial charge in [0, 0.05) is 25.8 Å². The molecular formula is C14H17N5O. The highest BCUT2D eigenvalue weighted by Gasteiger charge is 2.28. The Labute approximate surface area is 117 Å². The van der Waals surface area contributed by atoms with Crippen LogP contribution in [0.4, 0.5) is 17.2 Å². The summed E-state index contributed by atoms with van der Waals surface area (Å²) in [6, 6.07) is 7.87. The topological polar surface area (TPSA) is 78.2 Å². The van der Waals surface area contributed by atoms with Crippen molar-refractivity contribution in [2.45, 2.75) is 6.92 Å². The van der Waals surface area contributed by atoms with Gasteiger partial charge in [0.2, 0.25) is 0 Å². The second-order valence-corrected chi connectivity index (χ2v) is 4.98. The number of rotatable bonds is 1. The van der Waals surface area contributed by atoms with Crippen LogP contribution in [0.15, 0.2) is 24.3 Å². The number of nitrogens with zero attached hydrogens (tertiary/aromatic N) is 3. The number of hydrogen-bond acceptors (Lipinski definition) is 4. The number of amides is 1. The average molecular weight is 271 g/mol. The van der Waals surface area contributed by atoms with Crippen LogP contribution in [0.2, 0.25) is 0 Å². The first-order chi connectivity index (χ1) is 9.59. The van der Waals surface area contributed by atoms with Gasteiger partial charge in [-0.1, -0.05) is 12.1 Å². The van der Waals surface area contributed by atoms with Crippen molar-refractivity contribution in [2.75, 3.05) is 35.7 Å². The molecule has 3 rings (SSSR count). The molecule has 0 spiro atoms. The Bertz CT molecular complexity index is 644. The van der Waals surface area contributed by atoms with Crippen molar-refractivity contribution >= 4 is 23.1 Å². The smallest absolute Gasteiger partial charge is 0.264 e. The quantitative estimate of drug-likeness (QED) is 0.821. The predicted octanol–water partition coefficient (Wildman–Crippen LogP) is 1.40.